The van der Waals surface area contributed by atoms with Gasteiger partial charge in [-0.1, -0.05) is 0 Å². The van der Waals surface area contributed by atoms with Gasteiger partial charge in [-0.15, -0.1) is 11.8 Å². The van der Waals surface area contributed by atoms with Gasteiger partial charge in [0, 0.05) is 25.9 Å². The molecule has 1 fully saturated rings. The Balaban J connectivity index is 1.65. The Morgan fingerprint density at radius 3 is 2.52 bits per heavy atom. The summed E-state index contributed by atoms with van der Waals surface area (Å²) in [7, 11) is 1.69. The molecule has 1 heterocycles. The summed E-state index contributed by atoms with van der Waals surface area (Å²) in [5.74, 6) is -0.0153. The minimum atomic E-state index is -0.347. The average Bonchev–Trinajstić information content (AvgIpc) is 2.57. The third-order valence-electron chi connectivity index (χ3n) is 3.71. The monoisotopic (exact) mass is 340 g/mol. The summed E-state index contributed by atoms with van der Waals surface area (Å²) in [5, 5.41) is 2.67. The van der Waals surface area contributed by atoms with E-state index in [-0.39, 0.29) is 35.2 Å². The van der Waals surface area contributed by atoms with Crippen molar-refractivity contribution < 1.29 is 18.7 Å². The molecule has 0 unspecified atom stereocenters. The highest BCUT2D eigenvalue weighted by molar-refractivity contribution is 8.00. The van der Waals surface area contributed by atoms with Crippen molar-refractivity contribution in [1.29, 1.82) is 0 Å². The number of carbonyl (C=O) groups excluding carboxylic acids is 2. The molecule has 1 N–H and O–H groups in total. The summed E-state index contributed by atoms with van der Waals surface area (Å²) < 4.78 is 18.0. The van der Waals surface area contributed by atoms with Crippen molar-refractivity contribution in [3.8, 4) is 0 Å². The summed E-state index contributed by atoms with van der Waals surface area (Å²) >= 11 is 1.28. The van der Waals surface area contributed by atoms with E-state index in [1.807, 2.05) is 4.90 Å². The number of ether oxygens (including phenoxy) is 1. The molecule has 7 heteroatoms. The van der Waals surface area contributed by atoms with E-state index in [4.69, 9.17) is 4.74 Å². The number of benzene rings is 1. The normalized spacial score (nSPS) is 15.5. The predicted octanol–water partition coefficient (Wildman–Crippen LogP) is 2.13. The second-order valence-electron chi connectivity index (χ2n) is 5.36. The first-order chi connectivity index (χ1) is 11.1. The number of hydrogen-bond donors (Lipinski definition) is 1. The van der Waals surface area contributed by atoms with Gasteiger partial charge in [-0.3, -0.25) is 9.59 Å². The van der Waals surface area contributed by atoms with Crippen LogP contribution in [0.3, 0.4) is 0 Å². The number of hydrogen-bond acceptors (Lipinski definition) is 4. The van der Waals surface area contributed by atoms with Gasteiger partial charge in [-0.2, -0.15) is 0 Å². The highest BCUT2D eigenvalue weighted by Gasteiger charge is 2.22. The van der Waals surface area contributed by atoms with Crippen molar-refractivity contribution in [1.82, 2.24) is 4.90 Å². The van der Waals surface area contributed by atoms with Crippen LogP contribution in [-0.2, 0) is 14.3 Å². The molecule has 1 aliphatic rings. The summed E-state index contributed by atoms with van der Waals surface area (Å²) in [6.45, 7) is 1.42. The Morgan fingerprint density at radius 2 is 1.91 bits per heavy atom. The van der Waals surface area contributed by atoms with Crippen molar-refractivity contribution in [3.63, 3.8) is 0 Å². The molecular weight excluding hydrogens is 319 g/mol. The van der Waals surface area contributed by atoms with Gasteiger partial charge in [0.15, 0.2) is 0 Å². The number of amides is 2. The Kier molecular flexibility index (Phi) is 6.85. The van der Waals surface area contributed by atoms with Gasteiger partial charge in [0.2, 0.25) is 11.8 Å². The van der Waals surface area contributed by atoms with Crippen LogP contribution in [0.1, 0.15) is 12.8 Å². The van der Waals surface area contributed by atoms with Crippen molar-refractivity contribution in [3.05, 3.63) is 30.1 Å². The first-order valence-electron chi connectivity index (χ1n) is 7.52. The number of piperidine rings is 1. The first kappa shape index (κ1) is 17.7. The van der Waals surface area contributed by atoms with Crippen LogP contribution in [0, 0.1) is 5.82 Å². The van der Waals surface area contributed by atoms with Crippen molar-refractivity contribution in [2.24, 2.45) is 0 Å². The SMILES string of the molecule is COC1CCN(C(=O)CSCC(=O)Nc2ccc(F)cc2)CC1. The highest BCUT2D eigenvalue weighted by atomic mass is 32.2. The molecule has 23 heavy (non-hydrogen) atoms. The van der Waals surface area contributed by atoms with Crippen LogP contribution >= 0.6 is 11.8 Å². The van der Waals surface area contributed by atoms with Gasteiger partial charge < -0.3 is 15.0 Å². The number of nitrogens with zero attached hydrogens (tertiary/aromatic N) is 1. The van der Waals surface area contributed by atoms with E-state index in [0.29, 0.717) is 18.8 Å². The molecule has 0 spiro atoms. The van der Waals surface area contributed by atoms with Crippen LogP contribution in [0.4, 0.5) is 10.1 Å². The van der Waals surface area contributed by atoms with Crippen LogP contribution in [0.25, 0.3) is 0 Å². The topological polar surface area (TPSA) is 58.6 Å². The minimum Gasteiger partial charge on any atom is -0.381 e. The molecule has 1 saturated heterocycles. The lowest BCUT2D eigenvalue weighted by atomic mass is 10.1. The smallest absolute Gasteiger partial charge is 0.234 e. The molecule has 1 aromatic rings. The molecule has 126 valence electrons. The maximum Gasteiger partial charge on any atom is 0.234 e. The second kappa shape index (κ2) is 8.88. The van der Waals surface area contributed by atoms with E-state index >= 15 is 0 Å². The fourth-order valence-electron chi connectivity index (χ4n) is 2.39. The third kappa shape index (κ3) is 5.84. The van der Waals surface area contributed by atoms with Gasteiger partial charge in [-0.05, 0) is 37.1 Å². The van der Waals surface area contributed by atoms with Gasteiger partial charge in [-0.25, -0.2) is 4.39 Å². The maximum atomic E-state index is 12.8. The van der Waals surface area contributed by atoms with Crippen LogP contribution in [0.2, 0.25) is 0 Å². The zero-order valence-electron chi connectivity index (χ0n) is 13.1. The van der Waals surface area contributed by atoms with Gasteiger partial charge >= 0.3 is 0 Å². The van der Waals surface area contributed by atoms with Crippen LogP contribution in [-0.4, -0.2) is 54.5 Å². The van der Waals surface area contributed by atoms with E-state index in [2.05, 4.69) is 5.32 Å². The Morgan fingerprint density at radius 1 is 1.26 bits per heavy atom. The minimum absolute atomic E-state index is 0.0548. The number of methoxy groups -OCH3 is 1. The summed E-state index contributed by atoms with van der Waals surface area (Å²) in [5.41, 5.74) is 0.546. The van der Waals surface area contributed by atoms with Gasteiger partial charge in [0.1, 0.15) is 5.82 Å². The zero-order chi connectivity index (χ0) is 16.7. The number of nitrogens with one attached hydrogen (secondary N) is 1. The van der Waals surface area contributed by atoms with E-state index in [1.165, 1.54) is 36.0 Å². The molecule has 0 saturated carbocycles. The van der Waals surface area contributed by atoms with Crippen molar-refractivity contribution >= 4 is 29.3 Å². The van der Waals surface area contributed by atoms with Gasteiger partial charge in [0.05, 0.1) is 17.6 Å². The van der Waals surface area contributed by atoms with Crippen LogP contribution in [0.5, 0.6) is 0 Å². The molecule has 2 rings (SSSR count). The van der Waals surface area contributed by atoms with Crippen LogP contribution < -0.4 is 5.32 Å². The lowest BCUT2D eigenvalue weighted by Gasteiger charge is -2.31. The van der Waals surface area contributed by atoms with E-state index < -0.39 is 0 Å². The van der Waals surface area contributed by atoms with E-state index in [0.717, 1.165) is 12.8 Å². The molecule has 0 radical (unpaired) electrons. The molecular formula is C16H21FN2O3S. The number of rotatable bonds is 6. The Labute approximate surface area is 139 Å². The highest BCUT2D eigenvalue weighted by Crippen LogP contribution is 2.15. The second-order valence-corrected chi connectivity index (χ2v) is 6.35. The molecule has 0 aliphatic carbocycles. The number of halogens is 1. The molecule has 0 atom stereocenters. The Bertz CT molecular complexity index is 531. The maximum absolute atomic E-state index is 12.8. The fourth-order valence-corrected chi connectivity index (χ4v) is 3.11. The molecule has 0 bridgehead atoms. The fraction of sp³-hybridized carbons (Fsp3) is 0.500. The molecule has 5 nitrogen and oxygen atoms in total. The summed E-state index contributed by atoms with van der Waals surface area (Å²) in [6, 6.07) is 5.58. The lowest BCUT2D eigenvalue weighted by molar-refractivity contribution is -0.130. The first-order valence-corrected chi connectivity index (χ1v) is 8.67. The van der Waals surface area contributed by atoms with E-state index in [9.17, 15) is 14.0 Å². The van der Waals surface area contributed by atoms with Crippen molar-refractivity contribution in [2.75, 3.05) is 37.0 Å². The molecule has 2 amide bonds. The third-order valence-corrected chi connectivity index (χ3v) is 4.63. The molecule has 1 aromatic carbocycles. The Hall–Kier alpha value is -1.60. The largest absolute Gasteiger partial charge is 0.381 e. The van der Waals surface area contributed by atoms with Crippen LogP contribution in [0.15, 0.2) is 24.3 Å². The quantitative estimate of drug-likeness (QED) is 0.862. The lowest BCUT2D eigenvalue weighted by Crippen LogP contribution is -2.41. The zero-order valence-corrected chi connectivity index (χ0v) is 13.9. The van der Waals surface area contributed by atoms with E-state index in [1.54, 1.807) is 7.11 Å². The standard InChI is InChI=1S/C16H21FN2O3S/c1-22-14-6-8-19(9-7-14)16(21)11-23-10-15(20)18-13-4-2-12(17)3-5-13/h2-5,14H,6-11H2,1H3,(H,18,20). The number of thioether (sulfide) groups is 1. The number of anilines is 1. The molecule has 0 aromatic heterocycles. The summed E-state index contributed by atoms with van der Waals surface area (Å²) in [4.78, 5) is 25.7. The van der Waals surface area contributed by atoms with Crippen molar-refractivity contribution in [2.45, 2.75) is 18.9 Å². The number of likely N-dealkylation sites (tertiary alicyclic amines) is 1. The molecule has 1 aliphatic heterocycles. The predicted molar refractivity (Wildman–Crippen MR) is 89.0 cm³/mol. The van der Waals surface area contributed by atoms with Gasteiger partial charge in [0.25, 0.3) is 0 Å². The number of carbonyl (C=O) groups is 2. The average molecular weight is 340 g/mol. The summed E-state index contributed by atoms with van der Waals surface area (Å²) in [6.07, 6.45) is 1.96.